The molecule has 0 aromatic carbocycles. The summed E-state index contributed by atoms with van der Waals surface area (Å²) in [5, 5.41) is 0. The zero-order valence-corrected chi connectivity index (χ0v) is 10.3. The van der Waals surface area contributed by atoms with Crippen LogP contribution < -0.4 is 0 Å². The topological polar surface area (TPSA) is 54.0 Å². The highest BCUT2D eigenvalue weighted by molar-refractivity contribution is 14.1. The van der Waals surface area contributed by atoms with Crippen LogP contribution in [0.5, 0.6) is 0 Å². The summed E-state index contributed by atoms with van der Waals surface area (Å²) in [5.74, 6) is -0.582. The summed E-state index contributed by atoms with van der Waals surface area (Å²) in [6.07, 6.45) is -0.875. The van der Waals surface area contributed by atoms with Crippen molar-refractivity contribution in [3.63, 3.8) is 0 Å². The van der Waals surface area contributed by atoms with Crippen LogP contribution in [0.4, 0.5) is 4.79 Å². The van der Waals surface area contributed by atoms with Gasteiger partial charge in [-0.15, -0.1) is 0 Å². The molecular weight excluding hydrogens is 303 g/mol. The van der Waals surface area contributed by atoms with E-state index in [0.717, 1.165) is 0 Å². The molecule has 14 heavy (non-hydrogen) atoms. The molecule has 5 nitrogen and oxygen atoms in total. The first-order valence-corrected chi connectivity index (χ1v) is 5.73. The first-order valence-electron chi connectivity index (χ1n) is 4.21. The molecule has 1 fully saturated rings. The molecule has 0 unspecified atom stereocenters. The van der Waals surface area contributed by atoms with E-state index in [1.54, 1.807) is 0 Å². The standard InChI is InChI=1S/C8H13IO5/c1-8(2)13-4-6(14-8)3-11-7(10)12-5-9/h6H,3-5H2,1-2H3/t6-/m1/s1. The minimum absolute atomic E-state index is 0.166. The molecule has 1 heterocycles. The second kappa shape index (κ2) is 5.13. The lowest BCUT2D eigenvalue weighted by Gasteiger charge is -2.16. The van der Waals surface area contributed by atoms with Gasteiger partial charge in [-0.25, -0.2) is 4.79 Å². The fourth-order valence-corrected chi connectivity index (χ4v) is 1.35. The molecule has 0 radical (unpaired) electrons. The van der Waals surface area contributed by atoms with Gasteiger partial charge < -0.3 is 18.9 Å². The summed E-state index contributed by atoms with van der Waals surface area (Å²) < 4.78 is 20.4. The monoisotopic (exact) mass is 316 g/mol. The third-order valence-electron chi connectivity index (χ3n) is 1.63. The Morgan fingerprint density at radius 2 is 2.29 bits per heavy atom. The molecule has 0 spiro atoms. The molecular formula is C8H13IO5. The molecule has 0 amide bonds. The summed E-state index contributed by atoms with van der Waals surface area (Å²) >= 11 is 1.92. The molecule has 1 rings (SSSR count). The predicted octanol–water partition coefficient (Wildman–Crippen LogP) is 1.68. The average Bonchev–Trinajstić information content (AvgIpc) is 2.43. The Hall–Kier alpha value is -0.0800. The van der Waals surface area contributed by atoms with E-state index in [0.29, 0.717) is 6.61 Å². The van der Waals surface area contributed by atoms with Crippen molar-refractivity contribution in [3.05, 3.63) is 0 Å². The van der Waals surface area contributed by atoms with Gasteiger partial charge in [0.25, 0.3) is 0 Å². The van der Waals surface area contributed by atoms with E-state index < -0.39 is 11.9 Å². The maximum atomic E-state index is 10.8. The number of rotatable bonds is 3. The number of carbonyl (C=O) groups is 1. The van der Waals surface area contributed by atoms with Gasteiger partial charge in [-0.2, -0.15) is 0 Å². The molecule has 1 atom stereocenters. The zero-order chi connectivity index (χ0) is 10.6. The van der Waals surface area contributed by atoms with Gasteiger partial charge in [0.1, 0.15) is 17.3 Å². The first-order chi connectivity index (χ1) is 6.53. The lowest BCUT2D eigenvalue weighted by molar-refractivity contribution is -0.143. The minimum atomic E-state index is -0.673. The van der Waals surface area contributed by atoms with Crippen molar-refractivity contribution >= 4 is 28.7 Å². The van der Waals surface area contributed by atoms with Crippen molar-refractivity contribution in [1.29, 1.82) is 0 Å². The van der Waals surface area contributed by atoms with Gasteiger partial charge in [0.2, 0.25) is 0 Å². The Kier molecular flexibility index (Phi) is 4.39. The van der Waals surface area contributed by atoms with E-state index in [4.69, 9.17) is 14.2 Å². The highest BCUT2D eigenvalue weighted by Crippen LogP contribution is 2.22. The van der Waals surface area contributed by atoms with Crippen LogP contribution in [-0.2, 0) is 18.9 Å². The maximum Gasteiger partial charge on any atom is 0.509 e. The lowest BCUT2D eigenvalue weighted by atomic mass is 10.4. The average molecular weight is 316 g/mol. The van der Waals surface area contributed by atoms with Crippen LogP contribution in [0.2, 0.25) is 0 Å². The van der Waals surface area contributed by atoms with Crippen LogP contribution in [0.3, 0.4) is 0 Å². The highest BCUT2D eigenvalue weighted by atomic mass is 127. The Bertz CT molecular complexity index is 206. The summed E-state index contributed by atoms with van der Waals surface area (Å²) in [4.78, 5) is 10.8. The van der Waals surface area contributed by atoms with Crippen molar-refractivity contribution in [2.75, 3.05) is 17.8 Å². The molecule has 0 N–H and O–H groups in total. The van der Waals surface area contributed by atoms with Gasteiger partial charge in [0.05, 0.1) is 6.61 Å². The number of ether oxygens (including phenoxy) is 4. The fourth-order valence-electron chi connectivity index (χ4n) is 1.09. The van der Waals surface area contributed by atoms with Gasteiger partial charge in [-0.3, -0.25) is 0 Å². The summed E-state index contributed by atoms with van der Waals surface area (Å²) in [6, 6.07) is 0. The molecule has 0 bridgehead atoms. The van der Waals surface area contributed by atoms with E-state index in [-0.39, 0.29) is 17.3 Å². The van der Waals surface area contributed by atoms with Crippen molar-refractivity contribution < 1.29 is 23.7 Å². The van der Waals surface area contributed by atoms with Crippen LogP contribution in [0.1, 0.15) is 13.8 Å². The van der Waals surface area contributed by atoms with E-state index in [2.05, 4.69) is 4.74 Å². The highest BCUT2D eigenvalue weighted by Gasteiger charge is 2.33. The van der Waals surface area contributed by atoms with Crippen molar-refractivity contribution in [2.24, 2.45) is 0 Å². The van der Waals surface area contributed by atoms with Crippen molar-refractivity contribution in [2.45, 2.75) is 25.7 Å². The number of hydrogen-bond acceptors (Lipinski definition) is 5. The molecule has 6 heteroatoms. The molecule has 1 aliphatic rings. The lowest BCUT2D eigenvalue weighted by Crippen LogP contribution is -2.25. The van der Waals surface area contributed by atoms with E-state index in [9.17, 15) is 4.79 Å². The maximum absolute atomic E-state index is 10.8. The van der Waals surface area contributed by atoms with Gasteiger partial charge in [-0.1, -0.05) is 0 Å². The minimum Gasteiger partial charge on any atom is -0.431 e. The van der Waals surface area contributed by atoms with E-state index in [1.807, 2.05) is 36.4 Å². The Balaban J connectivity index is 2.17. The number of carbonyl (C=O) groups excluding carboxylic acids is 1. The number of alkyl halides is 1. The Morgan fingerprint density at radius 1 is 1.57 bits per heavy atom. The molecule has 0 saturated carbocycles. The normalized spacial score (nSPS) is 24.6. The molecule has 82 valence electrons. The second-order valence-corrected chi connectivity index (χ2v) is 3.89. The largest absolute Gasteiger partial charge is 0.509 e. The summed E-state index contributed by atoms with van der Waals surface area (Å²) in [6.45, 7) is 4.23. The van der Waals surface area contributed by atoms with Crippen LogP contribution >= 0.6 is 22.6 Å². The quantitative estimate of drug-likeness (QED) is 0.450. The molecule has 1 aliphatic heterocycles. The third kappa shape index (κ3) is 3.97. The van der Waals surface area contributed by atoms with E-state index in [1.165, 1.54) is 0 Å². The van der Waals surface area contributed by atoms with Crippen LogP contribution in [0.15, 0.2) is 0 Å². The zero-order valence-electron chi connectivity index (χ0n) is 8.12. The van der Waals surface area contributed by atoms with Crippen LogP contribution in [0, 0.1) is 0 Å². The van der Waals surface area contributed by atoms with Crippen molar-refractivity contribution in [1.82, 2.24) is 0 Å². The molecule has 1 saturated heterocycles. The second-order valence-electron chi connectivity index (χ2n) is 3.27. The van der Waals surface area contributed by atoms with Crippen molar-refractivity contribution in [3.8, 4) is 0 Å². The number of hydrogen-bond donors (Lipinski definition) is 0. The summed E-state index contributed by atoms with van der Waals surface area (Å²) in [5.41, 5.74) is 0. The van der Waals surface area contributed by atoms with Gasteiger partial charge >= 0.3 is 6.16 Å². The van der Waals surface area contributed by atoms with Gasteiger partial charge in [-0.05, 0) is 36.4 Å². The fraction of sp³-hybridized carbons (Fsp3) is 0.875. The first kappa shape index (κ1) is 12.0. The molecule has 0 aliphatic carbocycles. The SMILES string of the molecule is CC1(C)OC[C@@H](COC(=O)OCI)O1. The summed E-state index contributed by atoms with van der Waals surface area (Å²) in [7, 11) is 0. The van der Waals surface area contributed by atoms with Crippen LogP contribution in [0.25, 0.3) is 0 Å². The van der Waals surface area contributed by atoms with E-state index >= 15 is 0 Å². The molecule has 0 aromatic heterocycles. The van der Waals surface area contributed by atoms with Gasteiger partial charge in [0, 0.05) is 0 Å². The Morgan fingerprint density at radius 3 is 2.79 bits per heavy atom. The Labute approximate surface area is 96.2 Å². The number of halogens is 1. The smallest absolute Gasteiger partial charge is 0.431 e. The predicted molar refractivity (Wildman–Crippen MR) is 56.2 cm³/mol. The van der Waals surface area contributed by atoms with Crippen LogP contribution in [-0.4, -0.2) is 35.9 Å². The third-order valence-corrected chi connectivity index (χ3v) is 1.94. The molecule has 0 aromatic rings. The van der Waals surface area contributed by atoms with Gasteiger partial charge in [0.15, 0.2) is 5.79 Å².